The van der Waals surface area contributed by atoms with Gasteiger partial charge in [0.2, 0.25) is 0 Å². The Morgan fingerprint density at radius 2 is 0.395 bits per heavy atom. The molecule has 43 heavy (non-hydrogen) atoms. The molecule has 8 unspecified atom stereocenters. The van der Waals surface area contributed by atoms with Crippen LogP contribution in [0.3, 0.4) is 0 Å². The van der Waals surface area contributed by atoms with Gasteiger partial charge in [-0.3, -0.25) is 42.5 Å². The minimum absolute atomic E-state index is 0. The van der Waals surface area contributed by atoms with E-state index in [1.54, 1.807) is 0 Å². The Morgan fingerprint density at radius 1 is 0.279 bits per heavy atom. The zero-order chi connectivity index (χ0) is 28.2. The second-order valence-electron chi connectivity index (χ2n) is 15.6. The number of fused-ring (bicyclic) bond motifs is 20. The third-order valence-corrected chi connectivity index (χ3v) is 13.8. The molecule has 0 spiro atoms. The molecule has 5 aliphatic heterocycles. The molecule has 9 fully saturated rings. The fourth-order valence-corrected chi connectivity index (χ4v) is 12.0. The molecule has 4 saturated carbocycles. The summed E-state index contributed by atoms with van der Waals surface area (Å²) >= 11 is 0.535. The van der Waals surface area contributed by atoms with Crippen molar-refractivity contribution in [2.45, 2.75) is 152 Å². The van der Waals surface area contributed by atoms with Crippen molar-refractivity contribution in [3.8, 4) is 0 Å². The van der Waals surface area contributed by atoms with Crippen LogP contribution in [0.25, 0.3) is 0 Å². The van der Waals surface area contributed by atoms with Crippen molar-refractivity contribution < 1.29 is 0 Å². The van der Waals surface area contributed by atoms with Crippen LogP contribution in [0.15, 0.2) is 0 Å². The van der Waals surface area contributed by atoms with Crippen LogP contribution in [0.2, 0.25) is 0 Å². The number of hydrogen-bond acceptors (Lipinski definition) is 8. The Bertz CT molecular complexity index is 728. The molecule has 0 aromatic heterocycles. The summed E-state index contributed by atoms with van der Waals surface area (Å²) in [6.45, 7) is 0. The molecule has 9 aliphatic rings. The van der Waals surface area contributed by atoms with Gasteiger partial charge in [-0.25, -0.2) is 0 Å². The molecule has 4 aliphatic carbocycles. The first-order valence-electron chi connectivity index (χ1n) is 18.3. The number of rotatable bonds is 0. The third-order valence-electron chi connectivity index (χ3n) is 13.8. The molecule has 5 saturated heterocycles. The van der Waals surface area contributed by atoms with Gasteiger partial charge in [0, 0.05) is 0 Å². The molecular formula is C32H59Cl2GaN8. The molecule has 0 amide bonds. The summed E-state index contributed by atoms with van der Waals surface area (Å²) in [4.78, 5) is 0. The second kappa shape index (κ2) is 14.2. The van der Waals surface area contributed by atoms with Gasteiger partial charge in [0.05, 0.1) is 49.3 Å². The van der Waals surface area contributed by atoms with Gasteiger partial charge in [-0.1, -0.05) is 51.4 Å². The molecule has 5 heterocycles. The van der Waals surface area contributed by atoms with E-state index in [-0.39, 0.29) is 12.4 Å². The molecule has 11 heteroatoms. The van der Waals surface area contributed by atoms with Crippen molar-refractivity contribution in [2.24, 2.45) is 47.3 Å². The van der Waals surface area contributed by atoms with E-state index in [0.717, 1.165) is 47.3 Å². The molecule has 0 radical (unpaired) electrons. The van der Waals surface area contributed by atoms with Crippen molar-refractivity contribution >= 4 is 39.6 Å². The van der Waals surface area contributed by atoms with E-state index >= 15 is 0 Å². The van der Waals surface area contributed by atoms with Crippen LogP contribution in [0.5, 0.6) is 0 Å². The summed E-state index contributed by atoms with van der Waals surface area (Å²) in [6.07, 6.45) is 25.6. The van der Waals surface area contributed by atoms with Gasteiger partial charge in [0.1, 0.15) is 0 Å². The van der Waals surface area contributed by atoms with Crippen LogP contribution < -0.4 is 42.5 Å². The molecule has 9 rings (SSSR count). The van der Waals surface area contributed by atoms with Crippen molar-refractivity contribution in [2.75, 3.05) is 0 Å². The average Bonchev–Trinajstić information content (AvgIpc) is 3.78. The van der Waals surface area contributed by atoms with Gasteiger partial charge >= 0.3 is 27.2 Å². The van der Waals surface area contributed by atoms with Crippen molar-refractivity contribution in [3.63, 3.8) is 0 Å². The standard InChI is InChI=1S/C32H56N8.2ClH.Ga.2H/c1-2-10-18-17(9-1)25-33-26(18)38-28-21-13-5-6-14-22(21)30(35-28)40-32-24-16-8-7-15-23(24)31(36-32)39-29-20-12-4-3-11-19(20)27(34-29)37-25;;;;;/h17-40H,1-16H2;2*1H;;;/q;;;+1;;/p-1. The average molecular weight is 697 g/mol. The molecular weight excluding hydrogens is 637 g/mol. The summed E-state index contributed by atoms with van der Waals surface area (Å²) in [6, 6.07) is 0. The molecule has 8 bridgehead atoms. The SMILES string of the molecule is C1CCC2C3NC(NC4NC(NC5NC(NC6NC(N3)C3CCCCC63)C3CCCCC53)C3CCCCC43)C2C1.Cl.[Cl][GaH2]. The van der Waals surface area contributed by atoms with E-state index in [1.807, 2.05) is 0 Å². The molecule has 0 aromatic rings. The molecule has 8 atom stereocenters. The first-order chi connectivity index (χ1) is 20.8. The van der Waals surface area contributed by atoms with E-state index in [2.05, 4.69) is 42.5 Å². The van der Waals surface area contributed by atoms with Crippen LogP contribution in [0.4, 0.5) is 0 Å². The van der Waals surface area contributed by atoms with E-state index < -0.39 is 0 Å². The number of nitrogens with one attached hydrogen (secondary N) is 8. The van der Waals surface area contributed by atoms with E-state index in [0.29, 0.717) is 66.9 Å². The van der Waals surface area contributed by atoms with Crippen molar-refractivity contribution in [1.29, 1.82) is 0 Å². The van der Waals surface area contributed by atoms with Crippen molar-refractivity contribution in [3.05, 3.63) is 0 Å². The van der Waals surface area contributed by atoms with Gasteiger partial charge in [-0.05, 0) is 98.7 Å². The molecule has 244 valence electrons. The maximum absolute atomic E-state index is 4.83. The Kier molecular flexibility index (Phi) is 10.7. The second-order valence-corrected chi connectivity index (χ2v) is 15.6. The van der Waals surface area contributed by atoms with Crippen LogP contribution in [-0.2, 0) is 0 Å². The fourth-order valence-electron chi connectivity index (χ4n) is 12.0. The summed E-state index contributed by atoms with van der Waals surface area (Å²) in [7, 11) is 4.83. The third kappa shape index (κ3) is 6.05. The van der Waals surface area contributed by atoms with E-state index in [1.165, 1.54) is 103 Å². The van der Waals surface area contributed by atoms with Gasteiger partial charge in [-0.15, -0.1) is 12.4 Å². The summed E-state index contributed by atoms with van der Waals surface area (Å²) in [5.74, 6) is 5.97. The predicted octanol–water partition coefficient (Wildman–Crippen LogP) is 2.80. The first kappa shape index (κ1) is 32.4. The Hall–Kier alpha value is 0.896. The quantitative estimate of drug-likeness (QED) is 0.184. The van der Waals surface area contributed by atoms with E-state index in [9.17, 15) is 0 Å². The predicted molar refractivity (Wildman–Crippen MR) is 179 cm³/mol. The van der Waals surface area contributed by atoms with Gasteiger partial charge in [0.15, 0.2) is 0 Å². The topological polar surface area (TPSA) is 96.2 Å². The van der Waals surface area contributed by atoms with Crippen LogP contribution in [0, 0.1) is 47.3 Å². The number of hydrogen-bond donors (Lipinski definition) is 8. The van der Waals surface area contributed by atoms with Crippen LogP contribution in [-0.4, -0.2) is 66.9 Å². The summed E-state index contributed by atoms with van der Waals surface area (Å²) < 4.78 is 0. The van der Waals surface area contributed by atoms with Crippen LogP contribution >= 0.6 is 22.0 Å². The Balaban J connectivity index is 0.000000981. The monoisotopic (exact) mass is 694 g/mol. The zero-order valence-corrected chi connectivity index (χ0v) is 32.1. The fraction of sp³-hybridized carbons (Fsp3) is 1.00. The Labute approximate surface area is 280 Å². The zero-order valence-electron chi connectivity index (χ0n) is 26.3. The van der Waals surface area contributed by atoms with Gasteiger partial charge in [-0.2, -0.15) is 0 Å². The molecule has 8 nitrogen and oxygen atoms in total. The maximum atomic E-state index is 4.83. The summed E-state index contributed by atoms with van der Waals surface area (Å²) in [5, 5.41) is 33.8. The van der Waals surface area contributed by atoms with E-state index in [4.69, 9.17) is 9.64 Å². The summed E-state index contributed by atoms with van der Waals surface area (Å²) in [5.41, 5.74) is 0. The molecule has 0 aromatic carbocycles. The minimum atomic E-state index is 0. The van der Waals surface area contributed by atoms with Crippen LogP contribution in [0.1, 0.15) is 103 Å². The number of halogens is 2. The van der Waals surface area contributed by atoms with Gasteiger partial charge < -0.3 is 0 Å². The molecule has 8 N–H and O–H groups in total. The first-order valence-corrected chi connectivity index (χ1v) is 23.8. The van der Waals surface area contributed by atoms with Gasteiger partial charge in [0.25, 0.3) is 0 Å². The Morgan fingerprint density at radius 3 is 0.512 bits per heavy atom. The normalized spacial score (nSPS) is 53.7. The van der Waals surface area contributed by atoms with Crippen molar-refractivity contribution in [1.82, 2.24) is 42.5 Å².